The third-order valence-corrected chi connectivity index (χ3v) is 3.41. The van der Waals surface area contributed by atoms with Crippen LogP contribution in [-0.2, 0) is 4.74 Å². The van der Waals surface area contributed by atoms with E-state index in [-0.39, 0.29) is 0 Å². The average Bonchev–Trinajstić information content (AvgIpc) is 2.56. The minimum absolute atomic E-state index is 0.368. The zero-order valence-electron chi connectivity index (χ0n) is 11.6. The van der Waals surface area contributed by atoms with Gasteiger partial charge >= 0.3 is 0 Å². The lowest BCUT2D eigenvalue weighted by Gasteiger charge is -2.23. The highest BCUT2D eigenvalue weighted by atomic mass is 16.5. The first-order valence-electron chi connectivity index (χ1n) is 6.95. The number of hydrogen-bond acceptors (Lipinski definition) is 7. The molecule has 0 amide bonds. The number of nitrogen functional groups attached to an aromatic ring is 1. The number of rotatable bonds is 4. The minimum Gasteiger partial charge on any atom is -0.381 e. The second-order valence-electron chi connectivity index (χ2n) is 4.87. The monoisotopic (exact) mass is 286 g/mol. The van der Waals surface area contributed by atoms with Crippen LogP contribution in [0.1, 0.15) is 12.8 Å². The molecule has 21 heavy (non-hydrogen) atoms. The third-order valence-electron chi connectivity index (χ3n) is 3.41. The third kappa shape index (κ3) is 3.45. The Bertz CT molecular complexity index is 600. The van der Waals surface area contributed by atoms with Crippen molar-refractivity contribution in [1.29, 1.82) is 0 Å². The van der Waals surface area contributed by atoms with Gasteiger partial charge in [-0.05, 0) is 31.0 Å². The summed E-state index contributed by atoms with van der Waals surface area (Å²) in [4.78, 5) is 12.9. The van der Waals surface area contributed by atoms with E-state index in [1.54, 1.807) is 12.4 Å². The molecule has 1 aliphatic rings. The van der Waals surface area contributed by atoms with Crippen molar-refractivity contribution in [3.05, 3.63) is 30.6 Å². The van der Waals surface area contributed by atoms with Gasteiger partial charge in [0.25, 0.3) is 0 Å². The number of ether oxygens (including phenoxy) is 1. The fraction of sp³-hybridized carbons (Fsp3) is 0.357. The molecule has 3 rings (SSSR count). The largest absolute Gasteiger partial charge is 0.381 e. The van der Waals surface area contributed by atoms with E-state index in [0.29, 0.717) is 17.8 Å². The maximum absolute atomic E-state index is 5.38. The molecule has 1 fully saturated rings. The summed E-state index contributed by atoms with van der Waals surface area (Å²) >= 11 is 0. The standard InChI is InChI=1S/C14H18N6O/c15-20-13-9-10(1-5-16-13)12-2-6-17-14(19-12)18-11-3-7-21-8-4-11/h1-2,5-6,9,11H,3-4,7-8,15H2,(H,16,20)(H,17,18,19). The maximum atomic E-state index is 5.38. The summed E-state index contributed by atoms with van der Waals surface area (Å²) < 4.78 is 5.35. The van der Waals surface area contributed by atoms with Crippen LogP contribution in [0.5, 0.6) is 0 Å². The van der Waals surface area contributed by atoms with Crippen molar-refractivity contribution in [2.45, 2.75) is 18.9 Å². The van der Waals surface area contributed by atoms with Crippen LogP contribution in [0.4, 0.5) is 11.8 Å². The summed E-state index contributed by atoms with van der Waals surface area (Å²) in [6.07, 6.45) is 5.40. The normalized spacial score (nSPS) is 15.7. The van der Waals surface area contributed by atoms with E-state index in [9.17, 15) is 0 Å². The van der Waals surface area contributed by atoms with Gasteiger partial charge in [-0.2, -0.15) is 0 Å². The molecule has 7 heteroatoms. The van der Waals surface area contributed by atoms with Crippen LogP contribution in [0.2, 0.25) is 0 Å². The van der Waals surface area contributed by atoms with Crippen molar-refractivity contribution in [2.24, 2.45) is 5.84 Å². The van der Waals surface area contributed by atoms with Crippen molar-refractivity contribution < 1.29 is 4.74 Å². The van der Waals surface area contributed by atoms with Gasteiger partial charge < -0.3 is 15.5 Å². The average molecular weight is 286 g/mol. The summed E-state index contributed by atoms with van der Waals surface area (Å²) in [6, 6.07) is 5.97. The highest BCUT2D eigenvalue weighted by Crippen LogP contribution is 2.20. The van der Waals surface area contributed by atoms with E-state index in [4.69, 9.17) is 10.6 Å². The van der Waals surface area contributed by atoms with E-state index in [2.05, 4.69) is 25.7 Å². The highest BCUT2D eigenvalue weighted by molar-refractivity contribution is 5.63. The van der Waals surface area contributed by atoms with E-state index in [1.165, 1.54) is 0 Å². The molecule has 0 saturated carbocycles. The summed E-state index contributed by atoms with van der Waals surface area (Å²) in [6.45, 7) is 1.57. The Morgan fingerprint density at radius 1 is 1.14 bits per heavy atom. The van der Waals surface area contributed by atoms with E-state index in [0.717, 1.165) is 37.3 Å². The quantitative estimate of drug-likeness (QED) is 0.577. The summed E-state index contributed by atoms with van der Waals surface area (Å²) in [5, 5.41) is 3.36. The predicted octanol–water partition coefficient (Wildman–Crippen LogP) is 1.42. The van der Waals surface area contributed by atoms with E-state index >= 15 is 0 Å². The Kier molecular flexibility index (Phi) is 4.23. The summed E-state index contributed by atoms with van der Waals surface area (Å²) in [5.74, 6) is 6.62. The van der Waals surface area contributed by atoms with Crippen LogP contribution in [0.25, 0.3) is 11.3 Å². The molecule has 1 aliphatic heterocycles. The number of aromatic nitrogens is 3. The van der Waals surface area contributed by atoms with Crippen molar-refractivity contribution >= 4 is 11.8 Å². The zero-order valence-corrected chi connectivity index (χ0v) is 11.6. The zero-order chi connectivity index (χ0) is 14.5. The number of hydrogen-bond donors (Lipinski definition) is 3. The van der Waals surface area contributed by atoms with Gasteiger partial charge in [0.05, 0.1) is 5.69 Å². The predicted molar refractivity (Wildman–Crippen MR) is 80.5 cm³/mol. The molecule has 0 spiro atoms. The first-order chi connectivity index (χ1) is 10.3. The second kappa shape index (κ2) is 6.47. The van der Waals surface area contributed by atoms with Crippen LogP contribution in [-0.4, -0.2) is 34.2 Å². The lowest BCUT2D eigenvalue weighted by atomic mass is 10.1. The Balaban J connectivity index is 1.78. The fourth-order valence-electron chi connectivity index (χ4n) is 2.28. The van der Waals surface area contributed by atoms with Crippen molar-refractivity contribution in [1.82, 2.24) is 15.0 Å². The number of anilines is 2. The maximum Gasteiger partial charge on any atom is 0.223 e. The first-order valence-corrected chi connectivity index (χ1v) is 6.95. The molecule has 0 atom stereocenters. The molecule has 0 radical (unpaired) electrons. The Morgan fingerprint density at radius 2 is 1.95 bits per heavy atom. The Morgan fingerprint density at radius 3 is 2.76 bits per heavy atom. The van der Waals surface area contributed by atoms with E-state index in [1.807, 2.05) is 18.2 Å². The van der Waals surface area contributed by atoms with Gasteiger partial charge in [-0.1, -0.05) is 0 Å². The number of pyridine rings is 1. The molecular weight excluding hydrogens is 268 g/mol. The van der Waals surface area contributed by atoms with Gasteiger partial charge in [0.2, 0.25) is 5.95 Å². The van der Waals surface area contributed by atoms with Gasteiger partial charge in [-0.3, -0.25) is 0 Å². The molecule has 2 aromatic heterocycles. The fourth-order valence-corrected chi connectivity index (χ4v) is 2.28. The molecular formula is C14H18N6O. The lowest BCUT2D eigenvalue weighted by molar-refractivity contribution is 0.0903. The number of hydrazine groups is 1. The lowest BCUT2D eigenvalue weighted by Crippen LogP contribution is -2.28. The molecule has 0 aliphatic carbocycles. The molecule has 2 aromatic rings. The van der Waals surface area contributed by atoms with Crippen LogP contribution < -0.4 is 16.6 Å². The molecule has 4 N–H and O–H groups in total. The van der Waals surface area contributed by atoms with Gasteiger partial charge in [0.1, 0.15) is 5.82 Å². The van der Waals surface area contributed by atoms with Gasteiger partial charge in [-0.15, -0.1) is 0 Å². The van der Waals surface area contributed by atoms with Crippen LogP contribution in [0, 0.1) is 0 Å². The van der Waals surface area contributed by atoms with Crippen molar-refractivity contribution in [3.8, 4) is 11.3 Å². The van der Waals surface area contributed by atoms with Crippen LogP contribution >= 0.6 is 0 Å². The Hall–Kier alpha value is -2.25. The number of nitrogens with one attached hydrogen (secondary N) is 2. The van der Waals surface area contributed by atoms with Gasteiger partial charge in [0, 0.05) is 37.2 Å². The molecule has 0 unspecified atom stereocenters. The molecule has 7 nitrogen and oxygen atoms in total. The smallest absolute Gasteiger partial charge is 0.223 e. The number of nitrogens with zero attached hydrogens (tertiary/aromatic N) is 3. The SMILES string of the molecule is NNc1cc(-c2ccnc(NC3CCOCC3)n2)ccn1. The summed E-state index contributed by atoms with van der Waals surface area (Å²) in [7, 11) is 0. The van der Waals surface area contributed by atoms with Crippen molar-refractivity contribution in [3.63, 3.8) is 0 Å². The second-order valence-corrected chi connectivity index (χ2v) is 4.87. The molecule has 0 aromatic carbocycles. The van der Waals surface area contributed by atoms with Gasteiger partial charge in [0.15, 0.2) is 0 Å². The highest BCUT2D eigenvalue weighted by Gasteiger charge is 2.14. The Labute approximate surface area is 122 Å². The molecule has 110 valence electrons. The van der Waals surface area contributed by atoms with Gasteiger partial charge in [-0.25, -0.2) is 20.8 Å². The molecule has 1 saturated heterocycles. The van der Waals surface area contributed by atoms with E-state index < -0.39 is 0 Å². The molecule has 3 heterocycles. The van der Waals surface area contributed by atoms with Crippen molar-refractivity contribution in [2.75, 3.05) is 24.0 Å². The van der Waals surface area contributed by atoms with Crippen LogP contribution in [0.15, 0.2) is 30.6 Å². The van der Waals surface area contributed by atoms with Crippen LogP contribution in [0.3, 0.4) is 0 Å². The topological polar surface area (TPSA) is 98.0 Å². The number of nitrogens with two attached hydrogens (primary N) is 1. The molecule has 0 bridgehead atoms. The first kappa shape index (κ1) is 13.7. The summed E-state index contributed by atoms with van der Waals surface area (Å²) in [5.41, 5.74) is 4.31. The minimum atomic E-state index is 0.368.